The highest BCUT2D eigenvalue weighted by Gasteiger charge is 2.05. The molecule has 0 rings (SSSR count). The minimum atomic E-state index is -0.874. The Bertz CT molecular complexity index is 209. The van der Waals surface area contributed by atoms with E-state index < -0.39 is 5.97 Å². The van der Waals surface area contributed by atoms with Crippen molar-refractivity contribution in [2.45, 2.75) is 27.7 Å². The third-order valence-corrected chi connectivity index (χ3v) is 2.38. The first-order chi connectivity index (χ1) is 6.43. The maximum atomic E-state index is 10.3. The molecular formula is C11H21NO2. The van der Waals surface area contributed by atoms with Crippen molar-refractivity contribution in [1.82, 2.24) is 5.32 Å². The normalized spacial score (nSPS) is 14.5. The first kappa shape index (κ1) is 13.2. The van der Waals surface area contributed by atoms with Gasteiger partial charge in [-0.05, 0) is 25.3 Å². The Morgan fingerprint density at radius 3 is 2.43 bits per heavy atom. The number of carboxylic acid groups (broad SMARTS) is 1. The van der Waals surface area contributed by atoms with Crippen LogP contribution in [0.25, 0.3) is 0 Å². The Balaban J connectivity index is 3.69. The number of aliphatic carboxylic acids is 1. The van der Waals surface area contributed by atoms with E-state index in [9.17, 15) is 4.79 Å². The minimum absolute atomic E-state index is 0.618. The molecule has 0 aliphatic heterocycles. The first-order valence-corrected chi connectivity index (χ1v) is 5.04. The van der Waals surface area contributed by atoms with Gasteiger partial charge in [-0.3, -0.25) is 0 Å². The summed E-state index contributed by atoms with van der Waals surface area (Å²) in [7, 11) is 0. The van der Waals surface area contributed by atoms with Gasteiger partial charge < -0.3 is 10.4 Å². The lowest BCUT2D eigenvalue weighted by atomic mass is 9.98. The van der Waals surface area contributed by atoms with Gasteiger partial charge in [0, 0.05) is 12.6 Å². The molecule has 0 fully saturated rings. The lowest BCUT2D eigenvalue weighted by molar-refractivity contribution is -0.131. The molecule has 82 valence electrons. The van der Waals surface area contributed by atoms with Gasteiger partial charge in [-0.15, -0.1) is 0 Å². The Hall–Kier alpha value is -0.830. The third kappa shape index (κ3) is 6.66. The Morgan fingerprint density at radius 2 is 2.00 bits per heavy atom. The van der Waals surface area contributed by atoms with Crippen LogP contribution in [-0.4, -0.2) is 24.2 Å². The quantitative estimate of drug-likeness (QED) is 0.642. The van der Waals surface area contributed by atoms with E-state index in [0.29, 0.717) is 18.4 Å². The zero-order valence-corrected chi connectivity index (χ0v) is 9.50. The highest BCUT2D eigenvalue weighted by atomic mass is 16.4. The SMILES string of the molecule is CC(=CC(=O)O)CNCC(C)C(C)C. The molecule has 0 spiro atoms. The van der Waals surface area contributed by atoms with E-state index in [4.69, 9.17) is 5.11 Å². The van der Waals surface area contributed by atoms with Crippen molar-refractivity contribution < 1.29 is 9.90 Å². The summed E-state index contributed by atoms with van der Waals surface area (Å²) in [5.74, 6) is 0.403. The van der Waals surface area contributed by atoms with E-state index >= 15 is 0 Å². The van der Waals surface area contributed by atoms with E-state index in [-0.39, 0.29) is 0 Å². The van der Waals surface area contributed by atoms with Crippen molar-refractivity contribution in [1.29, 1.82) is 0 Å². The molecule has 2 N–H and O–H groups in total. The molecule has 14 heavy (non-hydrogen) atoms. The highest BCUT2D eigenvalue weighted by Crippen LogP contribution is 2.07. The molecule has 0 aromatic rings. The van der Waals surface area contributed by atoms with Crippen LogP contribution in [0.4, 0.5) is 0 Å². The number of hydrogen-bond donors (Lipinski definition) is 2. The molecule has 0 aliphatic rings. The standard InChI is InChI=1S/C11H21NO2/c1-8(2)10(4)7-12-6-9(3)5-11(13)14/h5,8,10,12H,6-7H2,1-4H3,(H,13,14). The summed E-state index contributed by atoms with van der Waals surface area (Å²) in [5, 5.41) is 11.7. The molecule has 0 amide bonds. The summed E-state index contributed by atoms with van der Waals surface area (Å²) < 4.78 is 0. The van der Waals surface area contributed by atoms with E-state index in [2.05, 4.69) is 26.1 Å². The van der Waals surface area contributed by atoms with Crippen LogP contribution in [0.2, 0.25) is 0 Å². The molecule has 0 heterocycles. The molecule has 0 saturated heterocycles. The van der Waals surface area contributed by atoms with Gasteiger partial charge in [0.2, 0.25) is 0 Å². The fourth-order valence-electron chi connectivity index (χ4n) is 0.995. The van der Waals surface area contributed by atoms with Crippen LogP contribution in [0.5, 0.6) is 0 Å². The summed E-state index contributed by atoms with van der Waals surface area (Å²) in [6, 6.07) is 0. The summed E-state index contributed by atoms with van der Waals surface area (Å²) in [6.07, 6.45) is 1.24. The second kappa shape index (κ2) is 6.60. The predicted octanol–water partition coefficient (Wildman–Crippen LogP) is 1.90. The number of carbonyl (C=O) groups is 1. The minimum Gasteiger partial charge on any atom is -0.478 e. The van der Waals surface area contributed by atoms with Crippen molar-refractivity contribution in [3.63, 3.8) is 0 Å². The first-order valence-electron chi connectivity index (χ1n) is 5.04. The van der Waals surface area contributed by atoms with Crippen LogP contribution in [-0.2, 0) is 4.79 Å². The number of hydrogen-bond acceptors (Lipinski definition) is 2. The fourth-order valence-corrected chi connectivity index (χ4v) is 0.995. The third-order valence-electron chi connectivity index (χ3n) is 2.38. The average Bonchev–Trinajstić information content (AvgIpc) is 2.02. The van der Waals surface area contributed by atoms with Gasteiger partial charge in [0.25, 0.3) is 0 Å². The van der Waals surface area contributed by atoms with Crippen molar-refractivity contribution in [3.05, 3.63) is 11.6 Å². The van der Waals surface area contributed by atoms with Crippen LogP contribution in [0.15, 0.2) is 11.6 Å². The van der Waals surface area contributed by atoms with Crippen molar-refractivity contribution in [2.75, 3.05) is 13.1 Å². The lowest BCUT2D eigenvalue weighted by Crippen LogP contribution is -2.25. The summed E-state index contributed by atoms with van der Waals surface area (Å²) in [6.45, 7) is 9.97. The van der Waals surface area contributed by atoms with Crippen molar-refractivity contribution in [2.24, 2.45) is 11.8 Å². The van der Waals surface area contributed by atoms with E-state index in [1.165, 1.54) is 6.08 Å². The zero-order chi connectivity index (χ0) is 11.1. The van der Waals surface area contributed by atoms with Gasteiger partial charge in [0.1, 0.15) is 0 Å². The molecule has 0 aromatic heterocycles. The van der Waals surface area contributed by atoms with Gasteiger partial charge >= 0.3 is 5.97 Å². The molecule has 0 saturated carbocycles. The highest BCUT2D eigenvalue weighted by molar-refractivity contribution is 5.80. The van der Waals surface area contributed by atoms with E-state index in [1.807, 2.05) is 6.92 Å². The largest absolute Gasteiger partial charge is 0.478 e. The molecule has 0 radical (unpaired) electrons. The molecule has 3 nitrogen and oxygen atoms in total. The molecule has 1 atom stereocenters. The van der Waals surface area contributed by atoms with Gasteiger partial charge in [0.05, 0.1) is 0 Å². The van der Waals surface area contributed by atoms with E-state index in [1.54, 1.807) is 0 Å². The van der Waals surface area contributed by atoms with Gasteiger partial charge in [0.15, 0.2) is 0 Å². The van der Waals surface area contributed by atoms with Crippen LogP contribution in [0, 0.1) is 11.8 Å². The van der Waals surface area contributed by atoms with Crippen LogP contribution < -0.4 is 5.32 Å². The summed E-state index contributed by atoms with van der Waals surface area (Å²) >= 11 is 0. The van der Waals surface area contributed by atoms with Crippen molar-refractivity contribution >= 4 is 5.97 Å². The second-order valence-corrected chi connectivity index (χ2v) is 4.18. The summed E-state index contributed by atoms with van der Waals surface area (Å²) in [4.78, 5) is 10.3. The summed E-state index contributed by atoms with van der Waals surface area (Å²) in [5.41, 5.74) is 0.855. The predicted molar refractivity (Wildman–Crippen MR) is 58.3 cm³/mol. The monoisotopic (exact) mass is 199 g/mol. The van der Waals surface area contributed by atoms with Gasteiger partial charge in [-0.25, -0.2) is 4.79 Å². The maximum Gasteiger partial charge on any atom is 0.328 e. The smallest absolute Gasteiger partial charge is 0.328 e. The molecule has 0 bridgehead atoms. The van der Waals surface area contributed by atoms with Crippen LogP contribution in [0.1, 0.15) is 27.7 Å². The van der Waals surface area contributed by atoms with Crippen LogP contribution >= 0.6 is 0 Å². The van der Waals surface area contributed by atoms with Gasteiger partial charge in [-0.1, -0.05) is 26.3 Å². The Kier molecular flexibility index (Phi) is 6.21. The molecule has 3 heteroatoms. The number of rotatable bonds is 6. The zero-order valence-electron chi connectivity index (χ0n) is 9.50. The Morgan fingerprint density at radius 1 is 1.43 bits per heavy atom. The average molecular weight is 199 g/mol. The number of carboxylic acids is 1. The fraction of sp³-hybridized carbons (Fsp3) is 0.727. The molecular weight excluding hydrogens is 178 g/mol. The second-order valence-electron chi connectivity index (χ2n) is 4.18. The van der Waals surface area contributed by atoms with Gasteiger partial charge in [-0.2, -0.15) is 0 Å². The van der Waals surface area contributed by atoms with Crippen LogP contribution in [0.3, 0.4) is 0 Å². The maximum absolute atomic E-state index is 10.3. The van der Waals surface area contributed by atoms with E-state index in [0.717, 1.165) is 12.1 Å². The lowest BCUT2D eigenvalue weighted by Gasteiger charge is -2.16. The topological polar surface area (TPSA) is 49.3 Å². The number of nitrogens with one attached hydrogen (secondary N) is 1. The molecule has 0 aromatic carbocycles. The van der Waals surface area contributed by atoms with Crippen molar-refractivity contribution in [3.8, 4) is 0 Å². The molecule has 0 aliphatic carbocycles. The molecule has 1 unspecified atom stereocenters. The Labute approximate surface area is 86.2 Å².